The molecular weight excluding hydrogens is 552 g/mol. The van der Waals surface area contributed by atoms with Gasteiger partial charge in [0, 0.05) is 54.6 Å². The van der Waals surface area contributed by atoms with Crippen molar-refractivity contribution >= 4 is 17.6 Å². The molecule has 0 radical (unpaired) electrons. The number of carbonyl (C=O) groups excluding carboxylic acids is 1. The SMILES string of the molecule is CCCCN(C(=O)CN1C[C@H](c2ccc3c(c2)CCO3)[C@@H](C(=O)O)[C@@H]1CCc1ccccn1)c1cccc(C[N+](C)(C)C)c1. The minimum absolute atomic E-state index is 0.0100. The molecule has 1 amide bonds. The maximum Gasteiger partial charge on any atom is 0.308 e. The molecule has 1 fully saturated rings. The van der Waals surface area contributed by atoms with Crippen molar-refractivity contribution in [3.63, 3.8) is 0 Å². The minimum Gasteiger partial charge on any atom is -0.493 e. The number of likely N-dealkylation sites (tertiary alicyclic amines) is 1. The average Bonchev–Trinajstić information content (AvgIpc) is 3.60. The first-order chi connectivity index (χ1) is 21.1. The summed E-state index contributed by atoms with van der Waals surface area (Å²) in [5, 5.41) is 10.6. The number of unbranched alkanes of at least 4 members (excludes halogenated alkanes) is 1. The largest absolute Gasteiger partial charge is 0.493 e. The number of hydrogen-bond donors (Lipinski definition) is 1. The number of benzene rings is 2. The maximum absolute atomic E-state index is 14.2. The highest BCUT2D eigenvalue weighted by Gasteiger charge is 2.47. The van der Waals surface area contributed by atoms with Crippen LogP contribution in [0.5, 0.6) is 5.75 Å². The molecule has 1 saturated heterocycles. The van der Waals surface area contributed by atoms with Gasteiger partial charge in [0.1, 0.15) is 12.3 Å². The van der Waals surface area contributed by atoms with Crippen LogP contribution >= 0.6 is 0 Å². The summed E-state index contributed by atoms with van der Waals surface area (Å²) in [6.07, 6.45) is 5.74. The van der Waals surface area contributed by atoms with Crippen LogP contribution in [-0.2, 0) is 29.0 Å². The van der Waals surface area contributed by atoms with Crippen molar-refractivity contribution in [2.45, 2.75) is 57.5 Å². The third-order valence-electron chi connectivity index (χ3n) is 8.85. The Morgan fingerprint density at radius 2 is 1.93 bits per heavy atom. The van der Waals surface area contributed by atoms with Crippen LogP contribution in [0, 0.1) is 5.92 Å². The summed E-state index contributed by atoms with van der Waals surface area (Å²) in [5.74, 6) is -0.781. The van der Waals surface area contributed by atoms with Crippen LogP contribution in [-0.4, -0.2) is 84.8 Å². The lowest BCUT2D eigenvalue weighted by Gasteiger charge is -2.30. The Bertz CT molecular complexity index is 1440. The number of aliphatic carboxylic acids is 1. The quantitative estimate of drug-likeness (QED) is 0.274. The number of carboxylic acid groups (broad SMARTS) is 1. The van der Waals surface area contributed by atoms with Gasteiger partial charge in [-0.05, 0) is 60.7 Å². The summed E-state index contributed by atoms with van der Waals surface area (Å²) < 4.78 is 6.52. The zero-order valence-corrected chi connectivity index (χ0v) is 26.6. The van der Waals surface area contributed by atoms with E-state index in [0.717, 1.165) is 58.5 Å². The number of aromatic nitrogens is 1. The van der Waals surface area contributed by atoms with E-state index < -0.39 is 11.9 Å². The molecule has 8 nitrogen and oxygen atoms in total. The van der Waals surface area contributed by atoms with Gasteiger partial charge >= 0.3 is 5.97 Å². The van der Waals surface area contributed by atoms with Crippen molar-refractivity contribution in [3.05, 3.63) is 89.2 Å². The van der Waals surface area contributed by atoms with Crippen LogP contribution in [0.15, 0.2) is 66.9 Å². The number of anilines is 1. The number of hydrogen-bond acceptors (Lipinski definition) is 5. The number of amides is 1. The molecule has 3 aromatic rings. The van der Waals surface area contributed by atoms with Gasteiger partial charge in [0.2, 0.25) is 5.91 Å². The summed E-state index contributed by atoms with van der Waals surface area (Å²) in [5.41, 5.74) is 5.16. The van der Waals surface area contributed by atoms with E-state index in [-0.39, 0.29) is 24.4 Å². The number of ether oxygens (including phenoxy) is 1. The van der Waals surface area contributed by atoms with Crippen molar-refractivity contribution in [3.8, 4) is 5.75 Å². The number of aryl methyl sites for hydroxylation is 1. The van der Waals surface area contributed by atoms with Crippen molar-refractivity contribution in [1.29, 1.82) is 0 Å². The Kier molecular flexibility index (Phi) is 10.0. The van der Waals surface area contributed by atoms with Crippen LogP contribution < -0.4 is 9.64 Å². The lowest BCUT2D eigenvalue weighted by atomic mass is 9.83. The molecule has 2 aliphatic rings. The first-order valence-electron chi connectivity index (χ1n) is 15.9. The third-order valence-corrected chi connectivity index (χ3v) is 8.85. The Labute approximate surface area is 261 Å². The number of rotatable bonds is 13. The second-order valence-electron chi connectivity index (χ2n) is 13.3. The third kappa shape index (κ3) is 7.66. The molecule has 1 N–H and O–H groups in total. The molecule has 0 bridgehead atoms. The summed E-state index contributed by atoms with van der Waals surface area (Å²) in [7, 11) is 6.48. The molecule has 0 unspecified atom stereocenters. The predicted octanol–water partition coefficient (Wildman–Crippen LogP) is 5.16. The van der Waals surface area contributed by atoms with Gasteiger partial charge in [0.05, 0.1) is 40.2 Å². The van der Waals surface area contributed by atoms with E-state index in [0.29, 0.717) is 32.5 Å². The van der Waals surface area contributed by atoms with E-state index >= 15 is 0 Å². The van der Waals surface area contributed by atoms with E-state index in [1.54, 1.807) is 6.20 Å². The molecular formula is C36H47N4O4+. The van der Waals surface area contributed by atoms with Gasteiger partial charge in [-0.2, -0.15) is 0 Å². The Morgan fingerprint density at radius 3 is 2.66 bits per heavy atom. The van der Waals surface area contributed by atoms with Gasteiger partial charge in [-0.1, -0.05) is 43.7 Å². The Balaban J connectivity index is 1.44. The molecule has 3 heterocycles. The highest BCUT2D eigenvalue weighted by Crippen LogP contribution is 2.41. The number of carbonyl (C=O) groups is 2. The smallest absolute Gasteiger partial charge is 0.308 e. The molecule has 3 atom stereocenters. The number of carboxylic acids is 1. The summed E-state index contributed by atoms with van der Waals surface area (Å²) in [6, 6.07) is 19.9. The van der Waals surface area contributed by atoms with Crippen molar-refractivity contribution in [1.82, 2.24) is 9.88 Å². The van der Waals surface area contributed by atoms with Crippen LogP contribution in [0.2, 0.25) is 0 Å². The van der Waals surface area contributed by atoms with Crippen molar-refractivity contribution in [2.24, 2.45) is 5.92 Å². The molecule has 0 saturated carbocycles. The van der Waals surface area contributed by atoms with E-state index in [2.05, 4.69) is 56.1 Å². The minimum atomic E-state index is -0.816. The molecule has 2 aromatic carbocycles. The number of pyridine rings is 1. The first-order valence-corrected chi connectivity index (χ1v) is 15.9. The molecule has 234 valence electrons. The van der Waals surface area contributed by atoms with E-state index in [1.807, 2.05) is 47.4 Å². The molecule has 5 rings (SSSR count). The summed E-state index contributed by atoms with van der Waals surface area (Å²) in [4.78, 5) is 35.7. The highest BCUT2D eigenvalue weighted by molar-refractivity contribution is 5.95. The highest BCUT2D eigenvalue weighted by atomic mass is 16.5. The fourth-order valence-electron chi connectivity index (χ4n) is 6.81. The summed E-state index contributed by atoms with van der Waals surface area (Å²) >= 11 is 0. The fraction of sp³-hybridized carbons (Fsp3) is 0.472. The second kappa shape index (κ2) is 13.9. The number of nitrogens with zero attached hydrogens (tertiary/aromatic N) is 4. The molecule has 8 heteroatoms. The molecule has 44 heavy (non-hydrogen) atoms. The standard InChI is InChI=1S/C36H46N4O4/c1-5-6-19-39(30-12-9-10-26(21-30)25-40(2,3)4)34(41)24-38-23-31(27-13-16-33-28(22-27)17-20-44-33)35(36(42)43)32(38)15-14-29-11-7-8-18-37-29/h7-13,16,18,21-22,31-32,35H,5-6,14-15,17,19-20,23-25H2,1-4H3/p+1/t31-,32+,35-/m1/s1. The van der Waals surface area contributed by atoms with Gasteiger partial charge in [0.15, 0.2) is 0 Å². The topological polar surface area (TPSA) is 83.0 Å². The van der Waals surface area contributed by atoms with E-state index in [4.69, 9.17) is 4.74 Å². The van der Waals surface area contributed by atoms with Crippen LogP contribution in [0.3, 0.4) is 0 Å². The molecule has 0 spiro atoms. The fourth-order valence-corrected chi connectivity index (χ4v) is 6.81. The maximum atomic E-state index is 14.2. The summed E-state index contributed by atoms with van der Waals surface area (Å²) in [6.45, 7) is 4.96. The lowest BCUT2D eigenvalue weighted by molar-refractivity contribution is -0.884. The first kappa shape index (κ1) is 31.7. The Morgan fingerprint density at radius 1 is 1.09 bits per heavy atom. The lowest BCUT2D eigenvalue weighted by Crippen LogP contribution is -2.44. The number of fused-ring (bicyclic) bond motifs is 1. The van der Waals surface area contributed by atoms with Gasteiger partial charge in [-0.25, -0.2) is 0 Å². The predicted molar refractivity (Wildman–Crippen MR) is 173 cm³/mol. The zero-order valence-electron chi connectivity index (χ0n) is 26.6. The zero-order chi connectivity index (χ0) is 31.3. The second-order valence-corrected chi connectivity index (χ2v) is 13.3. The monoisotopic (exact) mass is 599 g/mol. The van der Waals surface area contributed by atoms with Gasteiger partial charge < -0.3 is 19.2 Å². The molecule has 0 aliphatic carbocycles. The van der Waals surface area contributed by atoms with E-state index in [1.165, 1.54) is 5.56 Å². The molecule has 2 aliphatic heterocycles. The molecule has 1 aromatic heterocycles. The average molecular weight is 600 g/mol. The number of quaternary nitrogens is 1. The van der Waals surface area contributed by atoms with Crippen LogP contribution in [0.1, 0.15) is 54.5 Å². The van der Waals surface area contributed by atoms with Gasteiger partial charge in [-0.15, -0.1) is 0 Å². The Hall–Kier alpha value is -3.75. The van der Waals surface area contributed by atoms with Crippen molar-refractivity contribution < 1.29 is 23.9 Å². The van der Waals surface area contributed by atoms with Crippen LogP contribution in [0.25, 0.3) is 0 Å². The van der Waals surface area contributed by atoms with Gasteiger partial charge in [0.25, 0.3) is 0 Å². The van der Waals surface area contributed by atoms with Crippen molar-refractivity contribution in [2.75, 3.05) is 52.3 Å². The van der Waals surface area contributed by atoms with Crippen LogP contribution in [0.4, 0.5) is 5.69 Å². The van der Waals surface area contributed by atoms with E-state index in [9.17, 15) is 14.7 Å². The van der Waals surface area contributed by atoms with Gasteiger partial charge in [-0.3, -0.25) is 19.5 Å². The normalized spacial score (nSPS) is 19.9.